The van der Waals surface area contributed by atoms with Gasteiger partial charge in [-0.2, -0.15) is 4.91 Å². The molecule has 0 radical (unpaired) electrons. The van der Waals surface area contributed by atoms with E-state index < -0.39 is 23.7 Å². The number of carbonyl (C=O) groups is 1. The second kappa shape index (κ2) is 12.0. The van der Waals surface area contributed by atoms with Gasteiger partial charge in [0.05, 0.1) is 24.2 Å². The van der Waals surface area contributed by atoms with Crippen molar-refractivity contribution in [2.45, 2.75) is 110 Å². The Balaban J connectivity index is 1.41. The van der Waals surface area contributed by atoms with E-state index in [0.29, 0.717) is 55.6 Å². The lowest BCUT2D eigenvalue weighted by molar-refractivity contribution is -0.153. The zero-order chi connectivity index (χ0) is 27.5. The van der Waals surface area contributed by atoms with Gasteiger partial charge in [-0.15, -0.1) is 0 Å². The molecule has 0 bridgehead atoms. The van der Waals surface area contributed by atoms with Gasteiger partial charge < -0.3 is 14.9 Å². The van der Waals surface area contributed by atoms with Crippen LogP contribution in [0.3, 0.4) is 0 Å². The first-order valence-corrected chi connectivity index (χ1v) is 14.8. The highest BCUT2D eigenvalue weighted by Gasteiger charge is 2.56. The molecule has 4 fully saturated rings. The van der Waals surface area contributed by atoms with Crippen molar-refractivity contribution < 1.29 is 19.7 Å². The molecule has 4 aliphatic carbocycles. The fraction of sp³-hybridized carbons (Fsp3) is 0.719. The Kier molecular flexibility index (Phi) is 9.14. The van der Waals surface area contributed by atoms with Crippen molar-refractivity contribution in [2.24, 2.45) is 33.8 Å². The minimum Gasteiger partial charge on any atom is -0.465 e. The lowest BCUT2D eigenvalue weighted by atomic mass is 9.61. The summed E-state index contributed by atoms with van der Waals surface area (Å²) in [5.74, 6) is 1.10. The molecule has 7 atom stereocenters. The normalized spacial score (nSPS) is 36.3. The van der Waals surface area contributed by atoms with Crippen molar-refractivity contribution in [1.82, 2.24) is 0 Å². The quantitative estimate of drug-likeness (QED) is 0.145. The van der Waals surface area contributed by atoms with E-state index in [9.17, 15) is 19.9 Å². The van der Waals surface area contributed by atoms with Crippen molar-refractivity contribution in [3.63, 3.8) is 0 Å². The number of rotatable bonds is 10. The van der Waals surface area contributed by atoms with Crippen LogP contribution in [0.2, 0.25) is 0 Å². The topological polar surface area (TPSA) is 96.2 Å². The Morgan fingerprint density at radius 2 is 1.97 bits per heavy atom. The van der Waals surface area contributed by atoms with E-state index in [-0.39, 0.29) is 11.4 Å². The van der Waals surface area contributed by atoms with Gasteiger partial charge in [0.1, 0.15) is 6.04 Å². The molecule has 0 heterocycles. The molecule has 0 aliphatic heterocycles. The molecule has 0 spiro atoms. The molecular formula is C32H47NO5. The molecule has 6 nitrogen and oxygen atoms in total. The first kappa shape index (κ1) is 28.9. The summed E-state index contributed by atoms with van der Waals surface area (Å²) in [6.07, 6.45) is 16.9. The second-order valence-electron chi connectivity index (χ2n) is 12.6. The van der Waals surface area contributed by atoms with Crippen molar-refractivity contribution in [2.75, 3.05) is 6.61 Å². The SMILES string of the molecule is C=C1C(O)C/C(=C\C=C2/CCCC3(C)[C@@H]([C@H](C)/C=C/C(O)C4(C(=O)OCCCC)CC4)CC[C@@H]23)C[C@H]1N=O. The van der Waals surface area contributed by atoms with Gasteiger partial charge in [0.15, 0.2) is 0 Å². The van der Waals surface area contributed by atoms with Gasteiger partial charge in [-0.25, -0.2) is 0 Å². The maximum absolute atomic E-state index is 12.6. The maximum atomic E-state index is 12.6. The van der Waals surface area contributed by atoms with E-state index in [1.807, 2.05) is 6.08 Å². The average molecular weight is 526 g/mol. The van der Waals surface area contributed by atoms with E-state index in [1.165, 1.54) is 12.0 Å². The molecule has 4 rings (SSSR count). The number of nitroso groups, excluding NO2 is 1. The minimum atomic E-state index is -0.788. The van der Waals surface area contributed by atoms with Crippen LogP contribution in [0.25, 0.3) is 0 Å². The second-order valence-corrected chi connectivity index (χ2v) is 12.6. The predicted molar refractivity (Wildman–Crippen MR) is 150 cm³/mol. The highest BCUT2D eigenvalue weighted by Crippen LogP contribution is 2.59. The molecule has 0 amide bonds. The van der Waals surface area contributed by atoms with Gasteiger partial charge in [-0.05, 0) is 93.0 Å². The molecule has 0 saturated heterocycles. The van der Waals surface area contributed by atoms with E-state index in [2.05, 4.69) is 50.8 Å². The van der Waals surface area contributed by atoms with Gasteiger partial charge in [-0.3, -0.25) is 4.79 Å². The van der Waals surface area contributed by atoms with Crippen LogP contribution in [-0.2, 0) is 9.53 Å². The molecule has 38 heavy (non-hydrogen) atoms. The largest absolute Gasteiger partial charge is 0.465 e. The summed E-state index contributed by atoms with van der Waals surface area (Å²) < 4.78 is 5.44. The van der Waals surface area contributed by atoms with Crippen LogP contribution in [0.5, 0.6) is 0 Å². The molecule has 0 aromatic carbocycles. The Hall–Kier alpha value is -2.05. The smallest absolute Gasteiger partial charge is 0.315 e. The Morgan fingerprint density at radius 3 is 2.66 bits per heavy atom. The molecule has 2 N–H and O–H groups in total. The van der Waals surface area contributed by atoms with Crippen molar-refractivity contribution in [3.05, 3.63) is 52.5 Å². The fourth-order valence-electron chi connectivity index (χ4n) is 7.48. The molecular weight excluding hydrogens is 478 g/mol. The van der Waals surface area contributed by atoms with Crippen LogP contribution in [0, 0.1) is 33.5 Å². The summed E-state index contributed by atoms with van der Waals surface area (Å²) in [6, 6.07) is -0.535. The Bertz CT molecular complexity index is 992. The van der Waals surface area contributed by atoms with Crippen LogP contribution >= 0.6 is 0 Å². The van der Waals surface area contributed by atoms with Crippen LogP contribution < -0.4 is 0 Å². The van der Waals surface area contributed by atoms with E-state index in [4.69, 9.17) is 4.74 Å². The summed E-state index contributed by atoms with van der Waals surface area (Å²) in [6.45, 7) is 11.0. The predicted octanol–water partition coefficient (Wildman–Crippen LogP) is 6.58. The van der Waals surface area contributed by atoms with Crippen molar-refractivity contribution >= 4 is 5.97 Å². The fourth-order valence-corrected chi connectivity index (χ4v) is 7.48. The first-order chi connectivity index (χ1) is 18.2. The van der Waals surface area contributed by atoms with Crippen molar-refractivity contribution in [1.29, 1.82) is 0 Å². The van der Waals surface area contributed by atoms with Gasteiger partial charge in [0, 0.05) is 0 Å². The van der Waals surface area contributed by atoms with Crippen LogP contribution in [-0.4, -0.2) is 41.0 Å². The lowest BCUT2D eigenvalue weighted by Crippen LogP contribution is -2.36. The minimum absolute atomic E-state index is 0.195. The standard InChI is InChI=1S/C32H47NO5/c1-5-6-18-38-30(36)32(16-17-32)29(35)14-9-21(2)25-12-13-26-24(8-7-15-31(25,26)4)11-10-23-19-27(33-37)22(3)28(34)20-23/h9-11,14,21,25-29,34-35H,3,5-8,12-13,15-20H2,1-2,4H3/b14-9+,23-10-,24-11+/t21-,25-,26+,27-,28?,29?,31?/m1/s1. The van der Waals surface area contributed by atoms with Crippen molar-refractivity contribution in [3.8, 4) is 0 Å². The molecule has 4 saturated carbocycles. The zero-order valence-corrected chi connectivity index (χ0v) is 23.5. The highest BCUT2D eigenvalue weighted by molar-refractivity contribution is 5.81. The van der Waals surface area contributed by atoms with Gasteiger partial charge in [0.25, 0.3) is 0 Å². The summed E-state index contributed by atoms with van der Waals surface area (Å²) >= 11 is 0. The van der Waals surface area contributed by atoms with Gasteiger partial charge in [0.2, 0.25) is 0 Å². The number of aliphatic hydroxyl groups is 2. The third-order valence-electron chi connectivity index (χ3n) is 10.2. The van der Waals surface area contributed by atoms with Gasteiger partial charge >= 0.3 is 5.97 Å². The Morgan fingerprint density at radius 1 is 1.21 bits per heavy atom. The summed E-state index contributed by atoms with van der Waals surface area (Å²) in [5.41, 5.74) is 2.53. The number of allylic oxidation sites excluding steroid dienone is 4. The number of hydrogen-bond acceptors (Lipinski definition) is 6. The zero-order valence-electron chi connectivity index (χ0n) is 23.5. The number of nitrogens with zero attached hydrogens (tertiary/aromatic N) is 1. The van der Waals surface area contributed by atoms with Crippen LogP contribution in [0.15, 0.2) is 52.8 Å². The highest BCUT2D eigenvalue weighted by atomic mass is 16.5. The number of hydrogen-bond donors (Lipinski definition) is 2. The number of aliphatic hydroxyl groups excluding tert-OH is 2. The molecule has 4 aliphatic rings. The summed E-state index contributed by atoms with van der Waals surface area (Å²) in [4.78, 5) is 23.8. The molecule has 0 aromatic heterocycles. The number of carbonyl (C=O) groups excluding carboxylic acids is 1. The summed E-state index contributed by atoms with van der Waals surface area (Å²) in [5, 5.41) is 24.4. The number of esters is 1. The number of unbranched alkanes of at least 4 members (excludes halogenated alkanes) is 1. The average Bonchev–Trinajstić information content (AvgIpc) is 3.64. The molecule has 0 aromatic rings. The van der Waals surface area contributed by atoms with Crippen LogP contribution in [0.4, 0.5) is 0 Å². The Labute approximate surface area is 228 Å². The number of ether oxygens (including phenoxy) is 1. The third kappa shape index (κ3) is 5.77. The summed E-state index contributed by atoms with van der Waals surface area (Å²) in [7, 11) is 0. The number of fused-ring (bicyclic) bond motifs is 1. The lowest BCUT2D eigenvalue weighted by Gasteiger charge is -2.44. The third-order valence-corrected chi connectivity index (χ3v) is 10.2. The molecule has 6 heteroatoms. The monoisotopic (exact) mass is 525 g/mol. The molecule has 3 unspecified atom stereocenters. The van der Waals surface area contributed by atoms with E-state index in [0.717, 1.165) is 44.1 Å². The van der Waals surface area contributed by atoms with Crippen LogP contribution in [0.1, 0.15) is 91.4 Å². The maximum Gasteiger partial charge on any atom is 0.315 e. The molecule has 210 valence electrons. The first-order valence-electron chi connectivity index (χ1n) is 14.8. The van der Waals surface area contributed by atoms with Gasteiger partial charge in [-0.1, -0.05) is 74.4 Å². The van der Waals surface area contributed by atoms with E-state index in [1.54, 1.807) is 0 Å². The van der Waals surface area contributed by atoms with E-state index >= 15 is 0 Å².